The molecule has 0 bridgehead atoms. The number of likely N-dealkylation sites (tertiary alicyclic amines) is 1. The van der Waals surface area contributed by atoms with Gasteiger partial charge in [0.05, 0.1) is 12.1 Å². The van der Waals surface area contributed by atoms with Crippen molar-refractivity contribution in [1.82, 2.24) is 15.1 Å². The molecule has 1 amide bonds. The van der Waals surface area contributed by atoms with Crippen LogP contribution in [0, 0.1) is 0 Å². The quantitative estimate of drug-likeness (QED) is 0.808. The molecule has 4 nitrogen and oxygen atoms in total. The van der Waals surface area contributed by atoms with E-state index in [4.69, 9.17) is 0 Å². The number of H-pyrrole nitrogens is 1. The van der Waals surface area contributed by atoms with Gasteiger partial charge in [-0.1, -0.05) is 0 Å². The molecule has 86 valence electrons. The number of aryl methyl sites for hydroxylation is 1. The number of fused-ring (bicyclic) bond motifs is 1. The molecule has 4 heteroatoms. The van der Waals surface area contributed by atoms with Crippen molar-refractivity contribution in [2.75, 3.05) is 13.1 Å². The van der Waals surface area contributed by atoms with E-state index < -0.39 is 0 Å². The Hall–Kier alpha value is -1.32. The fourth-order valence-corrected chi connectivity index (χ4v) is 2.52. The van der Waals surface area contributed by atoms with Crippen LogP contribution in [0.1, 0.15) is 36.2 Å². The van der Waals surface area contributed by atoms with E-state index in [1.807, 2.05) is 4.90 Å². The Balaban J connectivity index is 1.74. The molecule has 16 heavy (non-hydrogen) atoms. The second-order valence-electron chi connectivity index (χ2n) is 4.75. The zero-order chi connectivity index (χ0) is 11.0. The van der Waals surface area contributed by atoms with Crippen molar-refractivity contribution in [3.8, 4) is 0 Å². The summed E-state index contributed by atoms with van der Waals surface area (Å²) in [4.78, 5) is 13.8. The molecule has 0 aromatic carbocycles. The molecular weight excluding hydrogens is 202 g/mol. The van der Waals surface area contributed by atoms with Crippen molar-refractivity contribution in [2.24, 2.45) is 0 Å². The van der Waals surface area contributed by atoms with E-state index >= 15 is 0 Å². The lowest BCUT2D eigenvalue weighted by molar-refractivity contribution is -0.133. The summed E-state index contributed by atoms with van der Waals surface area (Å²) in [6, 6.07) is 0. The first-order valence-corrected chi connectivity index (χ1v) is 6.17. The Kier molecular flexibility index (Phi) is 2.42. The van der Waals surface area contributed by atoms with E-state index in [9.17, 15) is 4.79 Å². The van der Waals surface area contributed by atoms with Crippen LogP contribution in [-0.2, 0) is 24.1 Å². The van der Waals surface area contributed by atoms with Gasteiger partial charge in [-0.3, -0.25) is 9.89 Å². The maximum atomic E-state index is 11.9. The summed E-state index contributed by atoms with van der Waals surface area (Å²) in [7, 11) is 0. The molecule has 1 aliphatic carbocycles. The highest BCUT2D eigenvalue weighted by Crippen LogP contribution is 2.23. The molecule has 1 fully saturated rings. The summed E-state index contributed by atoms with van der Waals surface area (Å²) in [6.45, 7) is 1.87. The largest absolute Gasteiger partial charge is 0.342 e. The minimum Gasteiger partial charge on any atom is -0.342 e. The van der Waals surface area contributed by atoms with Crippen LogP contribution in [0.2, 0.25) is 0 Å². The van der Waals surface area contributed by atoms with Gasteiger partial charge >= 0.3 is 0 Å². The number of aromatic amines is 1. The average Bonchev–Trinajstić information content (AvgIpc) is 2.59. The number of hydrogen-bond acceptors (Lipinski definition) is 2. The van der Waals surface area contributed by atoms with E-state index in [1.54, 1.807) is 0 Å². The molecule has 2 heterocycles. The Morgan fingerprint density at radius 1 is 1.25 bits per heavy atom. The molecule has 1 N–H and O–H groups in total. The Bertz CT molecular complexity index is 406. The maximum absolute atomic E-state index is 11.9. The van der Waals surface area contributed by atoms with Crippen LogP contribution in [0.25, 0.3) is 0 Å². The third-order valence-corrected chi connectivity index (χ3v) is 3.67. The molecule has 1 aliphatic heterocycles. The van der Waals surface area contributed by atoms with Gasteiger partial charge in [-0.25, -0.2) is 0 Å². The minimum atomic E-state index is 0.242. The lowest BCUT2D eigenvalue weighted by Crippen LogP contribution is -2.43. The molecule has 1 saturated heterocycles. The van der Waals surface area contributed by atoms with Crippen molar-refractivity contribution in [2.45, 2.75) is 38.5 Å². The van der Waals surface area contributed by atoms with E-state index in [-0.39, 0.29) is 5.91 Å². The number of carbonyl (C=O) groups is 1. The van der Waals surface area contributed by atoms with Crippen LogP contribution in [0.5, 0.6) is 0 Å². The topological polar surface area (TPSA) is 49.0 Å². The van der Waals surface area contributed by atoms with Gasteiger partial charge < -0.3 is 4.90 Å². The Morgan fingerprint density at radius 3 is 2.81 bits per heavy atom. The first-order valence-electron chi connectivity index (χ1n) is 6.17. The predicted octanol–water partition coefficient (Wildman–Crippen LogP) is 1.06. The lowest BCUT2D eigenvalue weighted by Gasteiger charge is -2.30. The van der Waals surface area contributed by atoms with Crippen LogP contribution in [-0.4, -0.2) is 34.1 Å². The van der Waals surface area contributed by atoms with Crippen LogP contribution >= 0.6 is 0 Å². The van der Waals surface area contributed by atoms with Crippen molar-refractivity contribution in [1.29, 1.82) is 0 Å². The fraction of sp³-hybridized carbons (Fsp3) is 0.667. The van der Waals surface area contributed by atoms with Crippen molar-refractivity contribution < 1.29 is 4.79 Å². The molecule has 0 radical (unpaired) electrons. The van der Waals surface area contributed by atoms with Crippen molar-refractivity contribution >= 4 is 5.91 Å². The Morgan fingerprint density at radius 2 is 2.06 bits per heavy atom. The van der Waals surface area contributed by atoms with E-state index in [1.165, 1.54) is 24.1 Å². The highest BCUT2D eigenvalue weighted by atomic mass is 16.2. The van der Waals surface area contributed by atoms with Gasteiger partial charge in [0.1, 0.15) is 0 Å². The van der Waals surface area contributed by atoms with Gasteiger partial charge in [0.15, 0.2) is 0 Å². The number of rotatable bonds is 2. The monoisotopic (exact) mass is 219 g/mol. The first kappa shape index (κ1) is 9.87. The molecule has 0 atom stereocenters. The molecule has 3 rings (SSSR count). The van der Waals surface area contributed by atoms with Crippen LogP contribution in [0.4, 0.5) is 0 Å². The maximum Gasteiger partial charge on any atom is 0.228 e. The van der Waals surface area contributed by atoms with Crippen LogP contribution < -0.4 is 0 Å². The molecule has 0 spiro atoms. The highest BCUT2D eigenvalue weighted by Gasteiger charge is 2.24. The summed E-state index contributed by atoms with van der Waals surface area (Å²) in [6.07, 6.45) is 6.32. The van der Waals surface area contributed by atoms with Gasteiger partial charge in [0.25, 0.3) is 0 Å². The zero-order valence-corrected chi connectivity index (χ0v) is 9.46. The standard InChI is InChI=1S/C12H17N3O/c16-12(15-6-3-7-15)8-11-9-4-1-2-5-10(9)13-14-11/h1-8H2,(H,13,14). The Labute approximate surface area is 95.0 Å². The van der Waals surface area contributed by atoms with E-state index in [0.29, 0.717) is 6.42 Å². The number of nitrogens with one attached hydrogen (secondary N) is 1. The van der Waals surface area contributed by atoms with Gasteiger partial charge in [0, 0.05) is 18.8 Å². The van der Waals surface area contributed by atoms with Gasteiger partial charge in [-0.15, -0.1) is 0 Å². The van der Waals surface area contributed by atoms with Gasteiger partial charge in [0.2, 0.25) is 5.91 Å². The van der Waals surface area contributed by atoms with Gasteiger partial charge in [-0.05, 0) is 37.7 Å². The number of aromatic nitrogens is 2. The van der Waals surface area contributed by atoms with E-state index in [0.717, 1.165) is 38.0 Å². The molecule has 0 unspecified atom stereocenters. The lowest BCUT2D eigenvalue weighted by atomic mass is 9.95. The smallest absolute Gasteiger partial charge is 0.228 e. The summed E-state index contributed by atoms with van der Waals surface area (Å²) in [5.41, 5.74) is 3.57. The summed E-state index contributed by atoms with van der Waals surface area (Å²) >= 11 is 0. The second-order valence-corrected chi connectivity index (χ2v) is 4.75. The van der Waals surface area contributed by atoms with Crippen molar-refractivity contribution in [3.63, 3.8) is 0 Å². The molecule has 2 aliphatic rings. The second kappa shape index (κ2) is 3.92. The predicted molar refractivity (Wildman–Crippen MR) is 60.1 cm³/mol. The first-order chi connectivity index (χ1) is 7.84. The third-order valence-electron chi connectivity index (χ3n) is 3.67. The number of nitrogens with zero attached hydrogens (tertiary/aromatic N) is 2. The van der Waals surface area contributed by atoms with Crippen molar-refractivity contribution in [3.05, 3.63) is 17.0 Å². The highest BCUT2D eigenvalue weighted by molar-refractivity contribution is 5.79. The molecule has 1 aromatic rings. The van der Waals surface area contributed by atoms with E-state index in [2.05, 4.69) is 10.2 Å². The minimum absolute atomic E-state index is 0.242. The number of amides is 1. The van der Waals surface area contributed by atoms with Crippen LogP contribution in [0.3, 0.4) is 0 Å². The van der Waals surface area contributed by atoms with Crippen LogP contribution in [0.15, 0.2) is 0 Å². The number of carbonyl (C=O) groups excluding carboxylic acids is 1. The average molecular weight is 219 g/mol. The summed E-state index contributed by atoms with van der Waals surface area (Å²) in [5.74, 6) is 0.242. The SMILES string of the molecule is O=C(Cc1n[nH]c2c1CCCC2)N1CCC1. The fourth-order valence-electron chi connectivity index (χ4n) is 2.52. The third kappa shape index (κ3) is 1.62. The summed E-state index contributed by atoms with van der Waals surface area (Å²) < 4.78 is 0. The molecular formula is C12H17N3O. The normalized spacial score (nSPS) is 19.1. The zero-order valence-electron chi connectivity index (χ0n) is 9.46. The molecule has 1 aromatic heterocycles. The van der Waals surface area contributed by atoms with Gasteiger partial charge in [-0.2, -0.15) is 5.10 Å². The number of hydrogen-bond donors (Lipinski definition) is 1. The molecule has 0 saturated carbocycles. The summed E-state index contributed by atoms with van der Waals surface area (Å²) in [5, 5.41) is 7.39.